The first-order valence-corrected chi connectivity index (χ1v) is 14.0. The summed E-state index contributed by atoms with van der Waals surface area (Å²) in [5, 5.41) is 9.15. The van der Waals surface area contributed by atoms with Crippen LogP contribution in [0, 0.1) is 0 Å². The zero-order chi connectivity index (χ0) is 21.8. The molecule has 2 atom stereocenters. The van der Waals surface area contributed by atoms with E-state index in [-0.39, 0.29) is 35.7 Å². The molecule has 6 heteroatoms. The minimum atomic E-state index is -4.12. The third-order valence-corrected chi connectivity index (χ3v) is 7.28. The van der Waals surface area contributed by atoms with Crippen LogP contribution >= 0.6 is 0 Å². The van der Waals surface area contributed by atoms with Crippen LogP contribution in [-0.2, 0) is 10.1 Å². The molecule has 176 valence electrons. The van der Waals surface area contributed by atoms with Crippen LogP contribution in [0.4, 0.5) is 0 Å². The van der Waals surface area contributed by atoms with E-state index in [9.17, 15) is 18.1 Å². The molecular formula is C24H49NaO4S. The summed E-state index contributed by atoms with van der Waals surface area (Å²) >= 11 is 0. The molecule has 0 aliphatic heterocycles. The van der Waals surface area contributed by atoms with Gasteiger partial charge in [0.05, 0.1) is 16.2 Å². The Morgan fingerprint density at radius 1 is 0.600 bits per heavy atom. The van der Waals surface area contributed by atoms with Crippen LogP contribution in [0.1, 0.15) is 142 Å². The number of aliphatic hydroxyl groups excluding tert-OH is 1. The number of unbranched alkanes of at least 4 members (excludes halogenated alkanes) is 13. The van der Waals surface area contributed by atoms with Gasteiger partial charge < -0.3 is 9.66 Å². The van der Waals surface area contributed by atoms with E-state index in [1.165, 1.54) is 57.8 Å². The normalized spacial score (nSPS) is 13.7. The second-order valence-electron chi connectivity index (χ2n) is 8.87. The molecule has 0 aromatic rings. The van der Waals surface area contributed by atoms with Crippen LogP contribution in [0.2, 0.25) is 0 Å². The number of rotatable bonds is 22. The van der Waals surface area contributed by atoms with Gasteiger partial charge in [0.2, 0.25) is 0 Å². The SMILES string of the molecule is CCCCC(O)CCCCCCCCCCCCCCC(CCCC)S(=O)(=O)[O-].[Na+]. The first-order valence-electron chi connectivity index (χ1n) is 12.5. The minimum Gasteiger partial charge on any atom is -0.748 e. The van der Waals surface area contributed by atoms with E-state index in [1.54, 1.807) is 0 Å². The Morgan fingerprint density at radius 2 is 0.900 bits per heavy atom. The number of hydrogen-bond donors (Lipinski definition) is 1. The molecule has 30 heavy (non-hydrogen) atoms. The van der Waals surface area contributed by atoms with Crippen molar-refractivity contribution in [1.82, 2.24) is 0 Å². The first kappa shape index (κ1) is 33.0. The van der Waals surface area contributed by atoms with Crippen molar-refractivity contribution in [1.29, 1.82) is 0 Å². The summed E-state index contributed by atoms with van der Waals surface area (Å²) < 4.78 is 33.9. The molecule has 0 bridgehead atoms. The largest absolute Gasteiger partial charge is 1.00 e. The Kier molecular flexibility index (Phi) is 25.4. The van der Waals surface area contributed by atoms with Gasteiger partial charge in [-0.05, 0) is 25.7 Å². The van der Waals surface area contributed by atoms with E-state index >= 15 is 0 Å². The summed E-state index contributed by atoms with van der Waals surface area (Å²) in [4.78, 5) is 0. The third kappa shape index (κ3) is 22.1. The van der Waals surface area contributed by atoms with Crippen molar-refractivity contribution < 1.29 is 47.6 Å². The average molecular weight is 457 g/mol. The molecule has 0 aromatic heterocycles. The van der Waals surface area contributed by atoms with Gasteiger partial charge in [0.25, 0.3) is 0 Å². The van der Waals surface area contributed by atoms with Crippen molar-refractivity contribution in [3.8, 4) is 0 Å². The van der Waals surface area contributed by atoms with Crippen molar-refractivity contribution in [2.45, 2.75) is 154 Å². The van der Waals surface area contributed by atoms with Gasteiger partial charge in [-0.15, -0.1) is 0 Å². The fraction of sp³-hybridized carbons (Fsp3) is 1.00. The smallest absolute Gasteiger partial charge is 0.748 e. The van der Waals surface area contributed by atoms with E-state index in [0.717, 1.165) is 57.8 Å². The Bertz CT molecular complexity index is 442. The van der Waals surface area contributed by atoms with Crippen molar-refractivity contribution in [2.75, 3.05) is 0 Å². The maximum Gasteiger partial charge on any atom is 1.00 e. The van der Waals surface area contributed by atoms with Crippen molar-refractivity contribution >= 4 is 10.1 Å². The fourth-order valence-electron chi connectivity index (χ4n) is 3.97. The average Bonchev–Trinajstić information content (AvgIpc) is 2.67. The molecule has 2 unspecified atom stereocenters. The standard InChI is InChI=1S/C24H50O4S.Na/c1-3-5-19-23(25)20-17-15-13-11-9-7-8-10-12-14-16-18-22-24(21-6-4-2)29(26,27)28;/h23-25H,3-22H2,1-2H3,(H,26,27,28);/q;+1/p-1. The van der Waals surface area contributed by atoms with E-state index in [2.05, 4.69) is 6.92 Å². The van der Waals surface area contributed by atoms with Crippen molar-refractivity contribution in [2.24, 2.45) is 0 Å². The van der Waals surface area contributed by atoms with Gasteiger partial charge in [0, 0.05) is 5.25 Å². The molecule has 0 aliphatic rings. The zero-order valence-corrected chi connectivity index (χ0v) is 23.2. The Hall–Kier alpha value is 0.870. The molecule has 0 spiro atoms. The summed E-state index contributed by atoms with van der Waals surface area (Å²) in [5.41, 5.74) is 0. The molecule has 4 nitrogen and oxygen atoms in total. The monoisotopic (exact) mass is 456 g/mol. The molecule has 0 amide bonds. The molecule has 0 saturated carbocycles. The predicted octanol–water partition coefficient (Wildman–Crippen LogP) is 4.11. The van der Waals surface area contributed by atoms with Gasteiger partial charge in [0.15, 0.2) is 0 Å². The molecule has 1 N–H and O–H groups in total. The fourth-order valence-corrected chi connectivity index (χ4v) is 4.88. The maximum atomic E-state index is 11.3. The second kappa shape index (κ2) is 23.0. The van der Waals surface area contributed by atoms with Gasteiger partial charge in [0.1, 0.15) is 0 Å². The van der Waals surface area contributed by atoms with Gasteiger partial charge in [-0.25, -0.2) is 8.42 Å². The van der Waals surface area contributed by atoms with Gasteiger partial charge in [-0.2, -0.15) is 0 Å². The third-order valence-electron chi connectivity index (χ3n) is 5.99. The zero-order valence-electron chi connectivity index (χ0n) is 20.4. The first-order chi connectivity index (χ1) is 13.9. The maximum absolute atomic E-state index is 11.3. The molecule has 0 heterocycles. The molecular weight excluding hydrogens is 407 g/mol. The molecule has 0 radical (unpaired) electrons. The van der Waals surface area contributed by atoms with Crippen LogP contribution in [-0.4, -0.2) is 29.4 Å². The second-order valence-corrected chi connectivity index (χ2v) is 10.5. The number of aliphatic hydroxyl groups is 1. The summed E-state index contributed by atoms with van der Waals surface area (Å²) in [6.07, 6.45) is 21.5. The van der Waals surface area contributed by atoms with Crippen LogP contribution in [0.25, 0.3) is 0 Å². The Morgan fingerprint density at radius 3 is 1.30 bits per heavy atom. The van der Waals surface area contributed by atoms with Crippen LogP contribution in [0.5, 0.6) is 0 Å². The van der Waals surface area contributed by atoms with E-state index < -0.39 is 15.4 Å². The van der Waals surface area contributed by atoms with Crippen molar-refractivity contribution in [3.63, 3.8) is 0 Å². The van der Waals surface area contributed by atoms with Crippen molar-refractivity contribution in [3.05, 3.63) is 0 Å². The van der Waals surface area contributed by atoms with Gasteiger partial charge >= 0.3 is 29.6 Å². The van der Waals surface area contributed by atoms with E-state index in [4.69, 9.17) is 0 Å². The topological polar surface area (TPSA) is 77.4 Å². The molecule has 0 saturated heterocycles. The molecule has 0 aromatic carbocycles. The molecule has 0 fully saturated rings. The summed E-state index contributed by atoms with van der Waals surface area (Å²) in [6, 6.07) is 0. The van der Waals surface area contributed by atoms with E-state index in [0.29, 0.717) is 12.8 Å². The van der Waals surface area contributed by atoms with Crippen LogP contribution in [0.3, 0.4) is 0 Å². The summed E-state index contributed by atoms with van der Waals surface area (Å²) in [5.74, 6) is 0. The van der Waals surface area contributed by atoms with Gasteiger partial charge in [-0.3, -0.25) is 0 Å². The summed E-state index contributed by atoms with van der Waals surface area (Å²) in [6.45, 7) is 4.19. The van der Waals surface area contributed by atoms with Gasteiger partial charge in [-0.1, -0.05) is 117 Å². The molecule has 0 aliphatic carbocycles. The van der Waals surface area contributed by atoms with Crippen LogP contribution < -0.4 is 29.6 Å². The Labute approximate surface area is 210 Å². The quantitative estimate of drug-likeness (QED) is 0.151. The predicted molar refractivity (Wildman–Crippen MR) is 123 cm³/mol. The number of hydrogen-bond acceptors (Lipinski definition) is 4. The molecule has 0 rings (SSSR count). The minimum absolute atomic E-state index is 0. The van der Waals surface area contributed by atoms with E-state index in [1.807, 2.05) is 6.92 Å². The summed E-state index contributed by atoms with van der Waals surface area (Å²) in [7, 11) is -4.12. The Balaban J connectivity index is 0. The van der Waals surface area contributed by atoms with Crippen LogP contribution in [0.15, 0.2) is 0 Å².